The van der Waals surface area contributed by atoms with Crippen LogP contribution in [0.1, 0.15) is 28.9 Å². The van der Waals surface area contributed by atoms with E-state index in [0.717, 1.165) is 65.5 Å². The van der Waals surface area contributed by atoms with E-state index >= 15 is 0 Å². The first-order valence-electron chi connectivity index (χ1n) is 13.7. The van der Waals surface area contributed by atoms with Crippen LogP contribution in [0.15, 0.2) is 60.8 Å². The third-order valence-corrected chi connectivity index (χ3v) is 8.61. The van der Waals surface area contributed by atoms with Crippen LogP contribution in [0.2, 0.25) is 25.7 Å². The number of para-hydroxylation sites is 1. The summed E-state index contributed by atoms with van der Waals surface area (Å²) in [5.74, 6) is 1.40. The molecule has 0 saturated carbocycles. The predicted molar refractivity (Wildman–Crippen MR) is 162 cm³/mol. The maximum Gasteiger partial charge on any atom is 0.257 e. The summed E-state index contributed by atoms with van der Waals surface area (Å²) in [4.78, 5) is 24.8. The second-order valence-corrected chi connectivity index (χ2v) is 17.0. The topological polar surface area (TPSA) is 84.3 Å². The molecular weight excluding hydrogens is 504 g/mol. The molecule has 1 aliphatic heterocycles. The number of aromatic nitrogens is 3. The average molecular weight is 543 g/mol. The van der Waals surface area contributed by atoms with Gasteiger partial charge in [-0.25, -0.2) is 4.98 Å². The number of anilines is 4. The zero-order valence-corrected chi connectivity index (χ0v) is 24.3. The number of carbonyl (C=O) groups is 1. The van der Waals surface area contributed by atoms with Crippen LogP contribution in [-0.2, 0) is 11.5 Å². The van der Waals surface area contributed by atoms with E-state index in [1.165, 1.54) is 12.8 Å². The van der Waals surface area contributed by atoms with Gasteiger partial charge in [0.05, 0.1) is 11.1 Å². The van der Waals surface area contributed by atoms with Crippen molar-refractivity contribution >= 4 is 48.0 Å². The molecule has 8 nitrogen and oxygen atoms in total. The SMILES string of the molecule is Cc1cc(Nc2ccc(NC(=O)c3cn(COCC[Si](C)(C)C)c4ccccc34)cc2)nc(N2CCCC2)n1. The van der Waals surface area contributed by atoms with Gasteiger partial charge in [-0.1, -0.05) is 37.8 Å². The number of amides is 1. The van der Waals surface area contributed by atoms with Gasteiger partial charge in [0.15, 0.2) is 0 Å². The third kappa shape index (κ3) is 6.85. The Morgan fingerprint density at radius 2 is 1.72 bits per heavy atom. The van der Waals surface area contributed by atoms with Crippen LogP contribution in [0.4, 0.5) is 23.1 Å². The Balaban J connectivity index is 1.25. The molecule has 9 heteroatoms. The lowest BCUT2D eigenvalue weighted by molar-refractivity contribution is 0.0899. The smallest absolute Gasteiger partial charge is 0.257 e. The molecule has 204 valence electrons. The molecule has 0 unspecified atom stereocenters. The van der Waals surface area contributed by atoms with E-state index in [0.29, 0.717) is 12.3 Å². The highest BCUT2D eigenvalue weighted by atomic mass is 28.3. The lowest BCUT2D eigenvalue weighted by Crippen LogP contribution is -2.22. The van der Waals surface area contributed by atoms with Crippen molar-refractivity contribution in [3.8, 4) is 0 Å². The number of aryl methyl sites for hydroxylation is 1. The van der Waals surface area contributed by atoms with Crippen LogP contribution < -0.4 is 15.5 Å². The second-order valence-electron chi connectivity index (χ2n) is 11.4. The van der Waals surface area contributed by atoms with Crippen LogP contribution in [0.25, 0.3) is 10.9 Å². The molecule has 1 saturated heterocycles. The standard InChI is InChI=1S/C30H38N6O2Si/c1-22-19-28(34-30(31-22)35-15-7-8-16-35)32-23-11-13-24(14-12-23)33-29(37)26-20-36(21-38-17-18-39(2,3)4)27-10-6-5-9-25(26)27/h5-6,9-14,19-20H,7-8,15-18,21H2,1-4H3,(H,33,37)(H,31,32,34). The summed E-state index contributed by atoms with van der Waals surface area (Å²) in [5.41, 5.74) is 4.17. The molecular formula is C30H38N6O2Si. The first kappa shape index (κ1) is 26.9. The molecule has 5 rings (SSSR count). The Bertz CT molecular complexity index is 1440. The molecule has 39 heavy (non-hydrogen) atoms. The van der Waals surface area contributed by atoms with Crippen molar-refractivity contribution in [2.24, 2.45) is 0 Å². The number of ether oxygens (including phenoxy) is 1. The number of nitrogens with one attached hydrogen (secondary N) is 2. The molecule has 1 amide bonds. The van der Waals surface area contributed by atoms with Gasteiger partial charge in [-0.3, -0.25) is 4.79 Å². The number of benzene rings is 2. The fourth-order valence-corrected chi connectivity index (χ4v) is 5.49. The molecule has 1 fully saturated rings. The number of carbonyl (C=O) groups excluding carboxylic acids is 1. The first-order chi connectivity index (χ1) is 18.7. The van der Waals surface area contributed by atoms with Crippen molar-refractivity contribution in [2.45, 2.75) is 52.2 Å². The molecule has 2 aromatic carbocycles. The van der Waals surface area contributed by atoms with E-state index in [2.05, 4.69) is 40.2 Å². The summed E-state index contributed by atoms with van der Waals surface area (Å²) < 4.78 is 7.98. The zero-order valence-electron chi connectivity index (χ0n) is 23.3. The monoisotopic (exact) mass is 542 g/mol. The summed E-state index contributed by atoms with van der Waals surface area (Å²) in [6.07, 6.45) is 4.25. The number of hydrogen-bond donors (Lipinski definition) is 2. The molecule has 3 heterocycles. The first-order valence-corrected chi connectivity index (χ1v) is 17.4. The Morgan fingerprint density at radius 3 is 2.46 bits per heavy atom. The number of rotatable bonds is 10. The quantitative estimate of drug-likeness (QED) is 0.172. The van der Waals surface area contributed by atoms with Crippen molar-refractivity contribution in [3.05, 3.63) is 72.1 Å². The lowest BCUT2D eigenvalue weighted by atomic mass is 10.1. The Morgan fingerprint density at radius 1 is 1.00 bits per heavy atom. The maximum absolute atomic E-state index is 13.3. The third-order valence-electron chi connectivity index (χ3n) is 6.91. The molecule has 4 aromatic rings. The second kappa shape index (κ2) is 11.6. The molecule has 0 atom stereocenters. The normalized spacial score (nSPS) is 13.7. The Hall–Kier alpha value is -3.69. The molecule has 2 N–H and O–H groups in total. The summed E-state index contributed by atoms with van der Waals surface area (Å²) >= 11 is 0. The van der Waals surface area contributed by atoms with E-state index in [1.54, 1.807) is 0 Å². The minimum atomic E-state index is -1.15. The van der Waals surface area contributed by atoms with Crippen LogP contribution in [0.5, 0.6) is 0 Å². The summed E-state index contributed by atoms with van der Waals surface area (Å²) in [7, 11) is -1.15. The van der Waals surface area contributed by atoms with Crippen molar-refractivity contribution in [1.29, 1.82) is 0 Å². The predicted octanol–water partition coefficient (Wildman–Crippen LogP) is 6.65. The highest BCUT2D eigenvalue weighted by Gasteiger charge is 2.18. The highest BCUT2D eigenvalue weighted by molar-refractivity contribution is 6.76. The van der Waals surface area contributed by atoms with Crippen LogP contribution >= 0.6 is 0 Å². The van der Waals surface area contributed by atoms with E-state index < -0.39 is 8.07 Å². The summed E-state index contributed by atoms with van der Waals surface area (Å²) in [6.45, 7) is 12.2. The van der Waals surface area contributed by atoms with E-state index in [-0.39, 0.29) is 5.91 Å². The van der Waals surface area contributed by atoms with Crippen LogP contribution in [0.3, 0.4) is 0 Å². The number of fused-ring (bicyclic) bond motifs is 1. The molecule has 0 bridgehead atoms. The molecule has 0 radical (unpaired) electrons. The van der Waals surface area contributed by atoms with Gasteiger partial charge in [-0.15, -0.1) is 0 Å². The Kier molecular flexibility index (Phi) is 7.99. The van der Waals surface area contributed by atoms with Gasteiger partial charge in [0.1, 0.15) is 12.5 Å². The van der Waals surface area contributed by atoms with Gasteiger partial charge in [0.25, 0.3) is 5.91 Å². The summed E-state index contributed by atoms with van der Waals surface area (Å²) in [5, 5.41) is 7.34. The molecule has 0 spiro atoms. The van der Waals surface area contributed by atoms with Crippen molar-refractivity contribution in [2.75, 3.05) is 35.2 Å². The van der Waals surface area contributed by atoms with E-state index in [4.69, 9.17) is 9.72 Å². The molecule has 1 aliphatic rings. The van der Waals surface area contributed by atoms with Gasteiger partial charge in [0, 0.05) is 62.5 Å². The lowest BCUT2D eigenvalue weighted by Gasteiger charge is -2.17. The van der Waals surface area contributed by atoms with Gasteiger partial charge >= 0.3 is 0 Å². The average Bonchev–Trinajstić information content (AvgIpc) is 3.56. The maximum atomic E-state index is 13.3. The minimum Gasteiger partial charge on any atom is -0.361 e. The molecule has 2 aromatic heterocycles. The largest absolute Gasteiger partial charge is 0.361 e. The summed E-state index contributed by atoms with van der Waals surface area (Å²) in [6, 6.07) is 18.7. The van der Waals surface area contributed by atoms with Crippen LogP contribution in [-0.4, -0.2) is 48.2 Å². The van der Waals surface area contributed by atoms with E-state index in [9.17, 15) is 4.79 Å². The van der Waals surface area contributed by atoms with Crippen LogP contribution in [0, 0.1) is 6.92 Å². The molecule has 0 aliphatic carbocycles. The van der Waals surface area contributed by atoms with Crippen molar-refractivity contribution in [1.82, 2.24) is 14.5 Å². The van der Waals surface area contributed by atoms with Gasteiger partial charge in [-0.2, -0.15) is 4.98 Å². The van der Waals surface area contributed by atoms with Crippen molar-refractivity contribution in [3.63, 3.8) is 0 Å². The van der Waals surface area contributed by atoms with Gasteiger partial charge in [-0.05, 0) is 56.1 Å². The Labute approximate surface area is 231 Å². The fourth-order valence-electron chi connectivity index (χ4n) is 4.73. The highest BCUT2D eigenvalue weighted by Crippen LogP contribution is 2.25. The fraction of sp³-hybridized carbons (Fsp3) is 0.367. The van der Waals surface area contributed by atoms with Crippen molar-refractivity contribution < 1.29 is 9.53 Å². The van der Waals surface area contributed by atoms with Gasteiger partial charge < -0.3 is 24.8 Å². The van der Waals surface area contributed by atoms with Gasteiger partial charge in [0.2, 0.25) is 5.95 Å². The minimum absolute atomic E-state index is 0.144. The number of hydrogen-bond acceptors (Lipinski definition) is 6. The zero-order chi connectivity index (χ0) is 27.4. The van der Waals surface area contributed by atoms with E-state index in [1.807, 2.05) is 72.3 Å². The number of nitrogens with zero attached hydrogens (tertiary/aromatic N) is 4.